The van der Waals surface area contributed by atoms with Crippen molar-refractivity contribution >= 4 is 23.3 Å². The predicted molar refractivity (Wildman–Crippen MR) is 107 cm³/mol. The minimum Gasteiger partial charge on any atom is -0.406 e. The molecular weight excluding hydrogens is 377 g/mol. The van der Waals surface area contributed by atoms with Crippen LogP contribution in [-0.2, 0) is 4.79 Å². The van der Waals surface area contributed by atoms with Gasteiger partial charge in [-0.2, -0.15) is 0 Å². The number of hydrogen-bond acceptors (Lipinski definition) is 5. The number of benzene rings is 1. The average Bonchev–Trinajstić information content (AvgIpc) is 2.68. The molecule has 9 heteroatoms. The summed E-state index contributed by atoms with van der Waals surface area (Å²) in [6.07, 6.45) is 4.44. The number of aromatic nitrogens is 1. The van der Waals surface area contributed by atoms with Crippen molar-refractivity contribution < 1.29 is 18.8 Å². The summed E-state index contributed by atoms with van der Waals surface area (Å²) in [5.74, 6) is -0.164. The van der Waals surface area contributed by atoms with Crippen molar-refractivity contribution in [2.75, 3.05) is 37.8 Å². The van der Waals surface area contributed by atoms with Gasteiger partial charge in [-0.3, -0.25) is 9.78 Å². The van der Waals surface area contributed by atoms with Crippen LogP contribution >= 0.6 is 0 Å². The number of carbonyl (C=O) groups excluding carboxylic acids is 2. The summed E-state index contributed by atoms with van der Waals surface area (Å²) in [4.78, 5) is 35.4. The van der Waals surface area contributed by atoms with E-state index >= 15 is 0 Å². The second-order valence-corrected chi connectivity index (χ2v) is 7.02. The highest BCUT2D eigenvalue weighted by Crippen LogP contribution is 2.24. The van der Waals surface area contributed by atoms with Gasteiger partial charge in [-0.1, -0.05) is 0 Å². The molecule has 0 unspecified atom stereocenters. The Balaban J connectivity index is 1.57. The standard InChI is InChI=1S/C20H24FN5O3/c1-25(2)19(27)14-5-8-26(9-6-14)29-18-11-15(21)10-17(12-18)24-20(28)23-16-4-3-7-22-13-16/h3-4,7,10-14H,5-6,8-9H2,1-2H3,(H2,23,24,28). The van der Waals surface area contributed by atoms with Gasteiger partial charge in [-0.15, -0.1) is 5.06 Å². The van der Waals surface area contributed by atoms with Gasteiger partial charge in [0.05, 0.1) is 11.9 Å². The molecule has 0 atom stereocenters. The van der Waals surface area contributed by atoms with Crippen molar-refractivity contribution in [2.45, 2.75) is 12.8 Å². The minimum absolute atomic E-state index is 0.0224. The lowest BCUT2D eigenvalue weighted by Crippen LogP contribution is -2.41. The number of hydroxylamine groups is 2. The molecular formula is C20H24FN5O3. The molecule has 0 spiro atoms. The lowest BCUT2D eigenvalue weighted by Gasteiger charge is -2.31. The lowest BCUT2D eigenvalue weighted by atomic mass is 9.97. The Bertz CT molecular complexity index is 854. The van der Waals surface area contributed by atoms with Crippen LogP contribution in [0.4, 0.5) is 20.6 Å². The summed E-state index contributed by atoms with van der Waals surface area (Å²) in [7, 11) is 3.49. The SMILES string of the molecule is CN(C)C(=O)C1CCN(Oc2cc(F)cc(NC(=O)Nc3cccnc3)c2)CC1. The summed E-state index contributed by atoms with van der Waals surface area (Å²) >= 11 is 0. The van der Waals surface area contributed by atoms with Gasteiger partial charge in [0.15, 0.2) is 5.75 Å². The molecule has 0 saturated carbocycles. The maximum atomic E-state index is 14.0. The van der Waals surface area contributed by atoms with Gasteiger partial charge in [0.1, 0.15) is 5.82 Å². The van der Waals surface area contributed by atoms with Crippen molar-refractivity contribution in [1.82, 2.24) is 14.9 Å². The minimum atomic E-state index is -0.531. The first-order chi connectivity index (χ1) is 13.9. The van der Waals surface area contributed by atoms with Gasteiger partial charge < -0.3 is 20.4 Å². The molecule has 1 aromatic carbocycles. The zero-order chi connectivity index (χ0) is 20.8. The highest BCUT2D eigenvalue weighted by atomic mass is 19.1. The zero-order valence-corrected chi connectivity index (χ0v) is 16.4. The number of nitrogens with zero attached hydrogens (tertiary/aromatic N) is 3. The van der Waals surface area contributed by atoms with Crippen LogP contribution in [0.1, 0.15) is 12.8 Å². The Labute approximate surface area is 168 Å². The number of halogens is 1. The first-order valence-corrected chi connectivity index (χ1v) is 9.33. The lowest BCUT2D eigenvalue weighted by molar-refractivity contribution is -0.139. The van der Waals surface area contributed by atoms with Gasteiger partial charge in [-0.25, -0.2) is 9.18 Å². The van der Waals surface area contributed by atoms with E-state index in [1.165, 1.54) is 18.3 Å². The van der Waals surface area contributed by atoms with Gasteiger partial charge in [0.25, 0.3) is 0 Å². The quantitative estimate of drug-likeness (QED) is 0.804. The van der Waals surface area contributed by atoms with E-state index in [-0.39, 0.29) is 23.3 Å². The zero-order valence-electron chi connectivity index (χ0n) is 16.4. The number of amides is 3. The average molecular weight is 401 g/mol. The van der Waals surface area contributed by atoms with Crippen LogP contribution in [-0.4, -0.2) is 54.1 Å². The Morgan fingerprint density at radius 1 is 1.17 bits per heavy atom. The summed E-state index contributed by atoms with van der Waals surface area (Å²) in [5, 5.41) is 6.89. The molecule has 2 aromatic rings. The number of anilines is 2. The van der Waals surface area contributed by atoms with E-state index < -0.39 is 11.8 Å². The maximum Gasteiger partial charge on any atom is 0.323 e. The first-order valence-electron chi connectivity index (χ1n) is 9.33. The van der Waals surface area contributed by atoms with Crippen molar-refractivity contribution in [3.05, 3.63) is 48.5 Å². The first kappa shape index (κ1) is 20.5. The molecule has 0 radical (unpaired) electrons. The van der Waals surface area contributed by atoms with Crippen LogP contribution in [0.15, 0.2) is 42.7 Å². The monoisotopic (exact) mass is 401 g/mol. The second-order valence-electron chi connectivity index (χ2n) is 7.02. The number of hydrogen-bond donors (Lipinski definition) is 2. The molecule has 3 rings (SSSR count). The number of pyridine rings is 1. The molecule has 1 aliphatic rings. The van der Waals surface area contributed by atoms with Crippen LogP contribution in [0.5, 0.6) is 5.75 Å². The molecule has 1 saturated heterocycles. The fourth-order valence-electron chi connectivity index (χ4n) is 3.13. The van der Waals surface area contributed by atoms with E-state index in [1.807, 2.05) is 0 Å². The summed E-state index contributed by atoms with van der Waals surface area (Å²) in [6.45, 7) is 1.12. The highest BCUT2D eigenvalue weighted by Gasteiger charge is 2.27. The van der Waals surface area contributed by atoms with Crippen molar-refractivity contribution in [3.63, 3.8) is 0 Å². The van der Waals surface area contributed by atoms with Gasteiger partial charge in [0, 0.05) is 57.1 Å². The van der Waals surface area contributed by atoms with Crippen LogP contribution in [0.25, 0.3) is 0 Å². The normalized spacial score (nSPS) is 14.9. The second kappa shape index (κ2) is 9.33. The molecule has 29 heavy (non-hydrogen) atoms. The summed E-state index contributed by atoms with van der Waals surface area (Å²) in [5.41, 5.74) is 0.784. The molecule has 2 N–H and O–H groups in total. The molecule has 154 valence electrons. The number of piperidine rings is 1. The van der Waals surface area contributed by atoms with Gasteiger partial charge >= 0.3 is 6.03 Å². The number of nitrogens with one attached hydrogen (secondary N) is 2. The van der Waals surface area contributed by atoms with E-state index in [1.54, 1.807) is 48.5 Å². The number of urea groups is 1. The fraction of sp³-hybridized carbons (Fsp3) is 0.350. The number of carbonyl (C=O) groups is 2. The van der Waals surface area contributed by atoms with Crippen molar-refractivity contribution in [2.24, 2.45) is 5.92 Å². The Hall–Kier alpha value is -3.20. The Morgan fingerprint density at radius 2 is 1.90 bits per heavy atom. The molecule has 1 aliphatic heterocycles. The molecule has 1 fully saturated rings. The van der Waals surface area contributed by atoms with E-state index in [2.05, 4.69) is 15.6 Å². The highest BCUT2D eigenvalue weighted by molar-refractivity contribution is 5.99. The third kappa shape index (κ3) is 5.89. The fourth-order valence-corrected chi connectivity index (χ4v) is 3.13. The van der Waals surface area contributed by atoms with E-state index in [0.29, 0.717) is 31.6 Å². The Morgan fingerprint density at radius 3 is 2.55 bits per heavy atom. The maximum absolute atomic E-state index is 14.0. The molecule has 3 amide bonds. The van der Waals surface area contributed by atoms with E-state index in [0.717, 1.165) is 0 Å². The van der Waals surface area contributed by atoms with Crippen molar-refractivity contribution in [1.29, 1.82) is 0 Å². The van der Waals surface area contributed by atoms with E-state index in [9.17, 15) is 14.0 Å². The molecule has 0 aliphatic carbocycles. The Kier molecular flexibility index (Phi) is 6.61. The molecule has 0 bridgehead atoms. The van der Waals surface area contributed by atoms with Crippen LogP contribution < -0.4 is 15.5 Å². The smallest absolute Gasteiger partial charge is 0.323 e. The summed E-state index contributed by atoms with van der Waals surface area (Å²) in [6, 6.07) is 6.87. The van der Waals surface area contributed by atoms with Crippen LogP contribution in [0, 0.1) is 11.7 Å². The van der Waals surface area contributed by atoms with Crippen molar-refractivity contribution in [3.8, 4) is 5.75 Å². The van der Waals surface area contributed by atoms with E-state index in [4.69, 9.17) is 4.84 Å². The van der Waals surface area contributed by atoms with Crippen LogP contribution in [0.2, 0.25) is 0 Å². The van der Waals surface area contributed by atoms with Gasteiger partial charge in [-0.05, 0) is 31.0 Å². The molecule has 8 nitrogen and oxygen atoms in total. The largest absolute Gasteiger partial charge is 0.406 e. The predicted octanol–water partition coefficient (Wildman–Crippen LogP) is 2.96. The molecule has 2 heterocycles. The van der Waals surface area contributed by atoms with Crippen LogP contribution in [0.3, 0.4) is 0 Å². The third-order valence-electron chi connectivity index (χ3n) is 4.53. The topological polar surface area (TPSA) is 86.8 Å². The summed E-state index contributed by atoms with van der Waals surface area (Å²) < 4.78 is 14.0. The third-order valence-corrected chi connectivity index (χ3v) is 4.53. The number of rotatable bonds is 5. The molecule has 1 aromatic heterocycles. The van der Waals surface area contributed by atoms with Gasteiger partial charge in [0.2, 0.25) is 5.91 Å².